The third-order valence-corrected chi connectivity index (χ3v) is 1.59. The predicted molar refractivity (Wildman–Crippen MR) is 35.1 cm³/mol. The predicted octanol–water partition coefficient (Wildman–Crippen LogP) is 2.04. The Hall–Kier alpha value is -0.960. The van der Waals surface area contributed by atoms with Gasteiger partial charge < -0.3 is 4.74 Å². The first-order chi connectivity index (χ1) is 5.25. The molecule has 0 radical (unpaired) electrons. The summed E-state index contributed by atoms with van der Waals surface area (Å²) in [6, 6.07) is 3.44. The summed E-state index contributed by atoms with van der Waals surface area (Å²) in [6.07, 6.45) is -0.0831. The molecule has 0 amide bonds. The lowest BCUT2D eigenvalue weighted by atomic mass is 10.1. The van der Waals surface area contributed by atoms with Gasteiger partial charge in [-0.05, 0) is 17.7 Å². The fraction of sp³-hybridized carbons (Fsp3) is 0.250. The Labute approximate surface area is 62.6 Å². The molecule has 58 valence electrons. The SMILES string of the molecule is Fc1cc(F)cc([C@@H]2CO2)c1. The molecule has 3 heteroatoms. The van der Waals surface area contributed by atoms with Gasteiger partial charge in [0.1, 0.15) is 17.7 Å². The lowest BCUT2D eigenvalue weighted by Gasteiger charge is -1.95. The number of ether oxygens (including phenoxy) is 1. The first-order valence-corrected chi connectivity index (χ1v) is 3.33. The third kappa shape index (κ3) is 1.38. The van der Waals surface area contributed by atoms with E-state index in [0.29, 0.717) is 12.2 Å². The molecule has 0 aromatic heterocycles. The number of benzene rings is 1. The second kappa shape index (κ2) is 2.27. The van der Waals surface area contributed by atoms with Gasteiger partial charge in [0.2, 0.25) is 0 Å². The summed E-state index contributed by atoms with van der Waals surface area (Å²) >= 11 is 0. The number of hydrogen-bond donors (Lipinski definition) is 0. The van der Waals surface area contributed by atoms with Crippen LogP contribution in [0.3, 0.4) is 0 Å². The second-order valence-electron chi connectivity index (χ2n) is 2.52. The smallest absolute Gasteiger partial charge is 0.126 e. The summed E-state index contributed by atoms with van der Waals surface area (Å²) in [6.45, 7) is 0.572. The van der Waals surface area contributed by atoms with Gasteiger partial charge in [-0.15, -0.1) is 0 Å². The Morgan fingerprint density at radius 1 is 1.18 bits per heavy atom. The van der Waals surface area contributed by atoms with E-state index in [0.717, 1.165) is 6.07 Å². The zero-order valence-corrected chi connectivity index (χ0v) is 5.68. The van der Waals surface area contributed by atoms with Gasteiger partial charge in [-0.3, -0.25) is 0 Å². The molecule has 1 atom stereocenters. The summed E-state index contributed by atoms with van der Waals surface area (Å²) in [4.78, 5) is 0. The minimum Gasteiger partial charge on any atom is -0.368 e. The van der Waals surface area contributed by atoms with E-state index in [1.54, 1.807) is 0 Å². The Morgan fingerprint density at radius 3 is 2.18 bits per heavy atom. The zero-order chi connectivity index (χ0) is 7.84. The van der Waals surface area contributed by atoms with Crippen molar-refractivity contribution in [1.82, 2.24) is 0 Å². The topological polar surface area (TPSA) is 12.5 Å². The molecular weight excluding hydrogens is 150 g/mol. The number of hydrogen-bond acceptors (Lipinski definition) is 1. The maximum Gasteiger partial charge on any atom is 0.126 e. The summed E-state index contributed by atoms with van der Waals surface area (Å²) in [7, 11) is 0. The van der Waals surface area contributed by atoms with Crippen LogP contribution in [-0.4, -0.2) is 6.61 Å². The van der Waals surface area contributed by atoms with Crippen molar-refractivity contribution in [3.8, 4) is 0 Å². The van der Waals surface area contributed by atoms with E-state index in [1.807, 2.05) is 0 Å². The van der Waals surface area contributed by atoms with Crippen LogP contribution >= 0.6 is 0 Å². The summed E-state index contributed by atoms with van der Waals surface area (Å²) in [5.74, 6) is -1.09. The van der Waals surface area contributed by atoms with Crippen LogP contribution in [0.2, 0.25) is 0 Å². The molecule has 2 rings (SSSR count). The molecule has 1 fully saturated rings. The van der Waals surface area contributed by atoms with Crippen molar-refractivity contribution in [2.45, 2.75) is 6.10 Å². The average Bonchev–Trinajstić information content (AvgIpc) is 2.64. The fourth-order valence-corrected chi connectivity index (χ4v) is 1.00. The molecule has 0 N–H and O–H groups in total. The van der Waals surface area contributed by atoms with Gasteiger partial charge in [0, 0.05) is 6.07 Å². The number of halogens is 2. The van der Waals surface area contributed by atoms with Crippen LogP contribution in [0.25, 0.3) is 0 Å². The van der Waals surface area contributed by atoms with Crippen LogP contribution in [0.5, 0.6) is 0 Å². The standard InChI is InChI=1S/C8H6F2O/c9-6-1-5(8-4-11-8)2-7(10)3-6/h1-3,8H,4H2/t8-/m0/s1. The van der Waals surface area contributed by atoms with Gasteiger partial charge in [0.25, 0.3) is 0 Å². The van der Waals surface area contributed by atoms with E-state index in [4.69, 9.17) is 4.74 Å². The van der Waals surface area contributed by atoms with Crippen LogP contribution in [0.4, 0.5) is 8.78 Å². The van der Waals surface area contributed by atoms with Gasteiger partial charge in [-0.1, -0.05) is 0 Å². The van der Waals surface area contributed by atoms with Crippen molar-refractivity contribution in [1.29, 1.82) is 0 Å². The van der Waals surface area contributed by atoms with E-state index in [-0.39, 0.29) is 6.10 Å². The summed E-state index contributed by atoms with van der Waals surface area (Å²) < 4.78 is 29.9. The van der Waals surface area contributed by atoms with Crippen LogP contribution in [0, 0.1) is 11.6 Å². The van der Waals surface area contributed by atoms with E-state index in [2.05, 4.69) is 0 Å². The minimum absolute atomic E-state index is 0.0831. The average molecular weight is 156 g/mol. The van der Waals surface area contributed by atoms with Gasteiger partial charge >= 0.3 is 0 Å². The Balaban J connectivity index is 2.39. The molecule has 11 heavy (non-hydrogen) atoms. The minimum atomic E-state index is -0.546. The lowest BCUT2D eigenvalue weighted by molar-refractivity contribution is 0.413. The monoisotopic (exact) mass is 156 g/mol. The number of rotatable bonds is 1. The van der Waals surface area contributed by atoms with Gasteiger partial charge in [-0.2, -0.15) is 0 Å². The maximum absolute atomic E-state index is 12.5. The first kappa shape index (κ1) is 6.73. The van der Waals surface area contributed by atoms with Gasteiger partial charge in [-0.25, -0.2) is 8.78 Å². The molecule has 0 bridgehead atoms. The van der Waals surface area contributed by atoms with Crippen molar-refractivity contribution in [3.05, 3.63) is 35.4 Å². The van der Waals surface area contributed by atoms with E-state index >= 15 is 0 Å². The van der Waals surface area contributed by atoms with Crippen molar-refractivity contribution in [2.24, 2.45) is 0 Å². The van der Waals surface area contributed by atoms with Crippen LogP contribution < -0.4 is 0 Å². The number of epoxide rings is 1. The van der Waals surface area contributed by atoms with E-state index in [9.17, 15) is 8.78 Å². The van der Waals surface area contributed by atoms with Crippen molar-refractivity contribution in [2.75, 3.05) is 6.61 Å². The maximum atomic E-state index is 12.5. The lowest BCUT2D eigenvalue weighted by Crippen LogP contribution is -1.85. The molecule has 1 nitrogen and oxygen atoms in total. The fourth-order valence-electron chi connectivity index (χ4n) is 1.00. The molecule has 1 aromatic carbocycles. The van der Waals surface area contributed by atoms with Crippen LogP contribution in [0.15, 0.2) is 18.2 Å². The Kier molecular flexibility index (Phi) is 1.39. The molecule has 1 aliphatic heterocycles. The Bertz CT molecular complexity index is 261. The van der Waals surface area contributed by atoms with Gasteiger partial charge in [0.15, 0.2) is 0 Å². The van der Waals surface area contributed by atoms with Crippen LogP contribution in [0.1, 0.15) is 11.7 Å². The quantitative estimate of drug-likeness (QED) is 0.567. The van der Waals surface area contributed by atoms with Crippen molar-refractivity contribution >= 4 is 0 Å². The largest absolute Gasteiger partial charge is 0.368 e. The highest BCUT2D eigenvalue weighted by Crippen LogP contribution is 2.30. The molecule has 0 saturated carbocycles. The van der Waals surface area contributed by atoms with Crippen molar-refractivity contribution < 1.29 is 13.5 Å². The summed E-state index contributed by atoms with van der Waals surface area (Å²) in [5.41, 5.74) is 0.586. The zero-order valence-electron chi connectivity index (χ0n) is 5.68. The molecule has 1 aromatic rings. The molecule has 0 aliphatic carbocycles. The molecular formula is C8H6F2O. The first-order valence-electron chi connectivity index (χ1n) is 3.33. The highest BCUT2D eigenvalue weighted by atomic mass is 19.1. The second-order valence-corrected chi connectivity index (χ2v) is 2.52. The molecule has 1 heterocycles. The highest BCUT2D eigenvalue weighted by Gasteiger charge is 2.25. The summed E-state index contributed by atoms with van der Waals surface area (Å²) in [5, 5.41) is 0. The van der Waals surface area contributed by atoms with E-state index in [1.165, 1.54) is 12.1 Å². The third-order valence-electron chi connectivity index (χ3n) is 1.59. The van der Waals surface area contributed by atoms with Crippen LogP contribution in [-0.2, 0) is 4.74 Å². The molecule has 1 aliphatic rings. The van der Waals surface area contributed by atoms with Crippen molar-refractivity contribution in [3.63, 3.8) is 0 Å². The molecule has 1 saturated heterocycles. The molecule has 0 unspecified atom stereocenters. The Morgan fingerprint density at radius 2 is 1.73 bits per heavy atom. The normalized spacial score (nSPS) is 21.8. The van der Waals surface area contributed by atoms with E-state index < -0.39 is 11.6 Å². The highest BCUT2D eigenvalue weighted by molar-refractivity contribution is 5.22. The van der Waals surface area contributed by atoms with Gasteiger partial charge in [0.05, 0.1) is 6.61 Å². The molecule has 0 spiro atoms.